The van der Waals surface area contributed by atoms with E-state index >= 15 is 0 Å². The lowest BCUT2D eigenvalue weighted by Gasteiger charge is -2.17. The summed E-state index contributed by atoms with van der Waals surface area (Å²) >= 11 is 3.43. The van der Waals surface area contributed by atoms with Gasteiger partial charge >= 0.3 is 5.97 Å². The highest BCUT2D eigenvalue weighted by atomic mass is 79.9. The van der Waals surface area contributed by atoms with E-state index in [1.165, 1.54) is 0 Å². The predicted octanol–water partition coefficient (Wildman–Crippen LogP) is 4.53. The van der Waals surface area contributed by atoms with Crippen molar-refractivity contribution in [1.29, 1.82) is 0 Å². The number of benzene rings is 2. The number of hydrogen-bond donors (Lipinski definition) is 0. The third-order valence-electron chi connectivity index (χ3n) is 3.15. The van der Waals surface area contributed by atoms with Crippen molar-refractivity contribution in [3.05, 3.63) is 70.2 Å². The van der Waals surface area contributed by atoms with E-state index in [0.717, 1.165) is 15.6 Å². The minimum Gasteiger partial charge on any atom is -0.466 e. The van der Waals surface area contributed by atoms with E-state index in [4.69, 9.17) is 4.74 Å². The molecule has 0 amide bonds. The van der Waals surface area contributed by atoms with Crippen LogP contribution in [0.5, 0.6) is 0 Å². The van der Waals surface area contributed by atoms with E-state index < -0.39 is 0 Å². The van der Waals surface area contributed by atoms with Crippen molar-refractivity contribution in [2.45, 2.75) is 19.3 Å². The molecule has 0 saturated heterocycles. The summed E-state index contributed by atoms with van der Waals surface area (Å²) in [6.45, 7) is 2.25. The van der Waals surface area contributed by atoms with E-state index in [1.807, 2.05) is 61.5 Å². The Hall–Kier alpha value is -1.61. The molecule has 2 aromatic carbocycles. The lowest BCUT2D eigenvalue weighted by atomic mass is 9.89. The average molecular weight is 333 g/mol. The molecule has 0 radical (unpaired) electrons. The zero-order valence-corrected chi connectivity index (χ0v) is 13.0. The molecule has 0 aliphatic carbocycles. The predicted molar refractivity (Wildman–Crippen MR) is 83.7 cm³/mol. The summed E-state index contributed by atoms with van der Waals surface area (Å²) < 4.78 is 6.12. The Labute approximate surface area is 127 Å². The van der Waals surface area contributed by atoms with Gasteiger partial charge in [0.2, 0.25) is 0 Å². The molecule has 20 heavy (non-hydrogen) atoms. The molecule has 0 aliphatic rings. The van der Waals surface area contributed by atoms with Crippen molar-refractivity contribution < 1.29 is 9.53 Å². The first kappa shape index (κ1) is 14.8. The highest BCUT2D eigenvalue weighted by Crippen LogP contribution is 2.29. The smallest absolute Gasteiger partial charge is 0.306 e. The molecule has 0 aliphatic heterocycles. The van der Waals surface area contributed by atoms with Gasteiger partial charge < -0.3 is 4.74 Å². The van der Waals surface area contributed by atoms with Crippen LogP contribution in [0, 0.1) is 0 Å². The Morgan fingerprint density at radius 3 is 2.25 bits per heavy atom. The monoisotopic (exact) mass is 332 g/mol. The van der Waals surface area contributed by atoms with Crippen LogP contribution in [0.15, 0.2) is 59.1 Å². The lowest BCUT2D eigenvalue weighted by Crippen LogP contribution is -2.11. The Bertz CT molecular complexity index is 549. The molecule has 0 fully saturated rings. The SMILES string of the molecule is CCOC(=O)C[C@H](c1ccccc1)c1ccc(Br)cc1. The first-order valence-corrected chi connectivity index (χ1v) is 7.46. The quantitative estimate of drug-likeness (QED) is 0.751. The number of carbonyl (C=O) groups is 1. The van der Waals surface area contributed by atoms with E-state index in [1.54, 1.807) is 0 Å². The molecule has 2 nitrogen and oxygen atoms in total. The molecular formula is C17H17BrO2. The number of halogens is 1. The molecule has 1 atom stereocenters. The molecule has 0 heterocycles. The van der Waals surface area contributed by atoms with Gasteiger partial charge in [0, 0.05) is 10.4 Å². The van der Waals surface area contributed by atoms with Crippen LogP contribution < -0.4 is 0 Å². The second-order valence-electron chi connectivity index (χ2n) is 4.52. The van der Waals surface area contributed by atoms with E-state index in [0.29, 0.717) is 13.0 Å². The van der Waals surface area contributed by atoms with Crippen LogP contribution in [0.25, 0.3) is 0 Å². The van der Waals surface area contributed by atoms with Gasteiger partial charge in [-0.15, -0.1) is 0 Å². The molecule has 0 N–H and O–H groups in total. The van der Waals surface area contributed by atoms with Crippen molar-refractivity contribution in [3.8, 4) is 0 Å². The van der Waals surface area contributed by atoms with Gasteiger partial charge in [-0.2, -0.15) is 0 Å². The molecule has 104 valence electrons. The van der Waals surface area contributed by atoms with Crippen LogP contribution in [0.1, 0.15) is 30.4 Å². The van der Waals surface area contributed by atoms with Crippen LogP contribution in [-0.2, 0) is 9.53 Å². The topological polar surface area (TPSA) is 26.3 Å². The summed E-state index contributed by atoms with van der Waals surface area (Å²) in [7, 11) is 0. The number of carbonyl (C=O) groups excluding carboxylic acids is 1. The fraction of sp³-hybridized carbons (Fsp3) is 0.235. The van der Waals surface area contributed by atoms with Crippen molar-refractivity contribution >= 4 is 21.9 Å². The van der Waals surface area contributed by atoms with Crippen LogP contribution in [-0.4, -0.2) is 12.6 Å². The van der Waals surface area contributed by atoms with Crippen molar-refractivity contribution in [2.75, 3.05) is 6.61 Å². The van der Waals surface area contributed by atoms with Gasteiger partial charge in [-0.3, -0.25) is 4.79 Å². The Morgan fingerprint density at radius 1 is 1.05 bits per heavy atom. The fourth-order valence-corrected chi connectivity index (χ4v) is 2.46. The summed E-state index contributed by atoms with van der Waals surface area (Å²) in [6, 6.07) is 18.1. The zero-order valence-electron chi connectivity index (χ0n) is 11.4. The van der Waals surface area contributed by atoms with Crippen molar-refractivity contribution in [2.24, 2.45) is 0 Å². The molecule has 2 aromatic rings. The minimum atomic E-state index is -0.163. The second kappa shape index (κ2) is 7.25. The van der Waals surface area contributed by atoms with E-state index in [2.05, 4.69) is 15.9 Å². The minimum absolute atomic E-state index is 0.0309. The van der Waals surface area contributed by atoms with Crippen LogP contribution >= 0.6 is 15.9 Å². The number of hydrogen-bond acceptors (Lipinski definition) is 2. The highest BCUT2D eigenvalue weighted by Gasteiger charge is 2.18. The van der Waals surface area contributed by atoms with Gasteiger partial charge in [-0.1, -0.05) is 58.4 Å². The molecule has 0 spiro atoms. The highest BCUT2D eigenvalue weighted by molar-refractivity contribution is 9.10. The van der Waals surface area contributed by atoms with Gasteiger partial charge in [-0.25, -0.2) is 0 Å². The maximum atomic E-state index is 11.8. The first-order chi connectivity index (χ1) is 9.70. The maximum absolute atomic E-state index is 11.8. The Morgan fingerprint density at radius 2 is 1.65 bits per heavy atom. The van der Waals surface area contributed by atoms with Crippen LogP contribution in [0.2, 0.25) is 0 Å². The molecule has 0 unspecified atom stereocenters. The van der Waals surface area contributed by atoms with Gasteiger partial charge in [0.25, 0.3) is 0 Å². The summed E-state index contributed by atoms with van der Waals surface area (Å²) in [4.78, 5) is 11.8. The van der Waals surface area contributed by atoms with Crippen molar-refractivity contribution in [3.63, 3.8) is 0 Å². The first-order valence-electron chi connectivity index (χ1n) is 6.66. The molecule has 3 heteroatoms. The lowest BCUT2D eigenvalue weighted by molar-refractivity contribution is -0.143. The van der Waals surface area contributed by atoms with Gasteiger partial charge in [0.05, 0.1) is 13.0 Å². The van der Waals surface area contributed by atoms with Crippen molar-refractivity contribution in [1.82, 2.24) is 0 Å². The second-order valence-corrected chi connectivity index (χ2v) is 5.44. The normalized spacial score (nSPS) is 11.9. The molecule has 2 rings (SSSR count). The number of rotatable bonds is 5. The maximum Gasteiger partial charge on any atom is 0.306 e. The van der Waals surface area contributed by atoms with Crippen LogP contribution in [0.3, 0.4) is 0 Å². The number of esters is 1. The average Bonchev–Trinajstić information content (AvgIpc) is 2.47. The molecule has 0 saturated carbocycles. The third kappa shape index (κ3) is 3.94. The molecule has 0 bridgehead atoms. The number of ether oxygens (including phenoxy) is 1. The fourth-order valence-electron chi connectivity index (χ4n) is 2.20. The summed E-state index contributed by atoms with van der Waals surface area (Å²) in [5, 5.41) is 0. The zero-order chi connectivity index (χ0) is 14.4. The molecule has 0 aromatic heterocycles. The summed E-state index contributed by atoms with van der Waals surface area (Å²) in [5.41, 5.74) is 2.25. The third-order valence-corrected chi connectivity index (χ3v) is 3.68. The molecular weight excluding hydrogens is 316 g/mol. The largest absolute Gasteiger partial charge is 0.466 e. The van der Waals surface area contributed by atoms with Gasteiger partial charge in [0.1, 0.15) is 0 Å². The Balaban J connectivity index is 2.29. The standard InChI is InChI=1S/C17H17BrO2/c1-2-20-17(19)12-16(13-6-4-3-5-7-13)14-8-10-15(18)11-9-14/h3-11,16H,2,12H2,1H3/t16-/m1/s1. The summed E-state index contributed by atoms with van der Waals surface area (Å²) in [5.74, 6) is -0.132. The Kier molecular flexibility index (Phi) is 5.36. The van der Waals surface area contributed by atoms with E-state index in [9.17, 15) is 4.79 Å². The van der Waals surface area contributed by atoms with Gasteiger partial charge in [0.15, 0.2) is 0 Å². The van der Waals surface area contributed by atoms with E-state index in [-0.39, 0.29) is 11.9 Å². The summed E-state index contributed by atoms with van der Waals surface area (Å²) in [6.07, 6.45) is 0.361. The van der Waals surface area contributed by atoms with Crippen LogP contribution in [0.4, 0.5) is 0 Å². The van der Waals surface area contributed by atoms with Gasteiger partial charge in [-0.05, 0) is 30.2 Å².